The largest absolute Gasteiger partial charge is 0.497 e. The van der Waals surface area contributed by atoms with E-state index in [4.69, 9.17) is 9.72 Å². The molecule has 0 saturated heterocycles. The van der Waals surface area contributed by atoms with Crippen molar-refractivity contribution in [2.45, 2.75) is 0 Å². The molecular formula is C19H16N4O. The van der Waals surface area contributed by atoms with Crippen LogP contribution in [0.3, 0.4) is 0 Å². The molecule has 4 aromatic rings. The Morgan fingerprint density at radius 2 is 1.92 bits per heavy atom. The first-order chi connectivity index (χ1) is 11.8. The Morgan fingerprint density at radius 1 is 1.04 bits per heavy atom. The molecule has 0 spiro atoms. The number of anilines is 2. The maximum atomic E-state index is 5.30. The second kappa shape index (κ2) is 6.04. The summed E-state index contributed by atoms with van der Waals surface area (Å²) in [6.45, 7) is 0. The number of aromatic nitrogens is 3. The number of benzene rings is 2. The van der Waals surface area contributed by atoms with Crippen LogP contribution in [0, 0.1) is 0 Å². The predicted molar refractivity (Wildman–Crippen MR) is 94.7 cm³/mol. The first-order valence-electron chi connectivity index (χ1n) is 7.64. The highest BCUT2D eigenvalue weighted by Gasteiger charge is 2.14. The number of rotatable bonds is 4. The van der Waals surface area contributed by atoms with Crippen LogP contribution in [-0.4, -0.2) is 21.5 Å². The monoisotopic (exact) mass is 316 g/mol. The molecule has 4 rings (SSSR count). The van der Waals surface area contributed by atoms with Crippen LogP contribution in [0.15, 0.2) is 73.2 Å². The van der Waals surface area contributed by atoms with Crippen LogP contribution in [0.25, 0.3) is 16.9 Å². The van der Waals surface area contributed by atoms with E-state index >= 15 is 0 Å². The zero-order chi connectivity index (χ0) is 16.4. The highest BCUT2D eigenvalue weighted by atomic mass is 16.5. The van der Waals surface area contributed by atoms with Gasteiger partial charge >= 0.3 is 0 Å². The molecule has 0 bridgehead atoms. The van der Waals surface area contributed by atoms with Gasteiger partial charge in [-0.05, 0) is 12.1 Å². The van der Waals surface area contributed by atoms with Gasteiger partial charge in [0.25, 0.3) is 0 Å². The van der Waals surface area contributed by atoms with Gasteiger partial charge in [0.1, 0.15) is 17.3 Å². The highest BCUT2D eigenvalue weighted by molar-refractivity contribution is 5.79. The Kier molecular flexibility index (Phi) is 3.59. The average molecular weight is 316 g/mol. The molecule has 118 valence electrons. The minimum Gasteiger partial charge on any atom is -0.497 e. The SMILES string of the molecule is COc1cccc(Nc2c(-c3ccccc3)nc3cnccn23)c1. The Hall–Kier alpha value is -3.34. The normalized spacial score (nSPS) is 10.7. The van der Waals surface area contributed by atoms with Gasteiger partial charge in [-0.3, -0.25) is 9.38 Å². The molecule has 5 nitrogen and oxygen atoms in total. The van der Waals surface area contributed by atoms with Gasteiger partial charge in [-0.1, -0.05) is 36.4 Å². The molecular weight excluding hydrogens is 300 g/mol. The van der Waals surface area contributed by atoms with Crippen LogP contribution in [0.5, 0.6) is 5.75 Å². The van der Waals surface area contributed by atoms with E-state index in [1.54, 1.807) is 19.5 Å². The predicted octanol–water partition coefficient (Wildman–Crippen LogP) is 4.15. The minimum absolute atomic E-state index is 0.793. The van der Waals surface area contributed by atoms with E-state index in [0.717, 1.165) is 34.2 Å². The fourth-order valence-electron chi connectivity index (χ4n) is 2.66. The van der Waals surface area contributed by atoms with E-state index in [1.807, 2.05) is 65.2 Å². The van der Waals surface area contributed by atoms with Crippen LogP contribution >= 0.6 is 0 Å². The van der Waals surface area contributed by atoms with Crippen molar-refractivity contribution in [2.75, 3.05) is 12.4 Å². The molecule has 0 aliphatic rings. The number of methoxy groups -OCH3 is 1. The van der Waals surface area contributed by atoms with Gasteiger partial charge in [0.15, 0.2) is 5.65 Å². The fraction of sp³-hybridized carbons (Fsp3) is 0.0526. The summed E-state index contributed by atoms with van der Waals surface area (Å²) in [6, 6.07) is 17.9. The third kappa shape index (κ3) is 2.56. The first kappa shape index (κ1) is 14.3. The summed E-state index contributed by atoms with van der Waals surface area (Å²) in [7, 11) is 1.66. The van der Waals surface area contributed by atoms with E-state index in [-0.39, 0.29) is 0 Å². The Labute approximate surface area is 139 Å². The first-order valence-corrected chi connectivity index (χ1v) is 7.64. The van der Waals surface area contributed by atoms with Gasteiger partial charge in [0.05, 0.1) is 13.3 Å². The summed E-state index contributed by atoms with van der Waals surface area (Å²) in [4.78, 5) is 8.89. The molecule has 5 heteroatoms. The second-order valence-electron chi connectivity index (χ2n) is 5.34. The van der Waals surface area contributed by atoms with Crippen molar-refractivity contribution in [3.8, 4) is 17.0 Å². The van der Waals surface area contributed by atoms with Crippen molar-refractivity contribution in [1.82, 2.24) is 14.4 Å². The molecule has 24 heavy (non-hydrogen) atoms. The summed E-state index contributed by atoms with van der Waals surface area (Å²) < 4.78 is 7.30. The quantitative estimate of drug-likeness (QED) is 0.614. The summed E-state index contributed by atoms with van der Waals surface area (Å²) in [5.41, 5.74) is 3.66. The smallest absolute Gasteiger partial charge is 0.157 e. The molecule has 0 unspecified atom stereocenters. The van der Waals surface area contributed by atoms with Crippen LogP contribution < -0.4 is 10.1 Å². The molecule has 0 radical (unpaired) electrons. The van der Waals surface area contributed by atoms with Gasteiger partial charge in [-0.15, -0.1) is 0 Å². The molecule has 1 N–H and O–H groups in total. The van der Waals surface area contributed by atoms with E-state index < -0.39 is 0 Å². The van der Waals surface area contributed by atoms with Crippen LogP contribution in [0.2, 0.25) is 0 Å². The lowest BCUT2D eigenvalue weighted by atomic mass is 10.1. The van der Waals surface area contributed by atoms with Crippen molar-refractivity contribution < 1.29 is 4.74 Å². The lowest BCUT2D eigenvalue weighted by Crippen LogP contribution is -1.97. The molecule has 0 atom stereocenters. The van der Waals surface area contributed by atoms with Crippen LogP contribution in [0.1, 0.15) is 0 Å². The summed E-state index contributed by atoms with van der Waals surface area (Å²) in [5, 5.41) is 3.46. The Balaban J connectivity index is 1.86. The van der Waals surface area contributed by atoms with Crippen molar-refractivity contribution in [3.05, 3.63) is 73.2 Å². The standard InChI is InChI=1S/C19H16N4O/c1-24-16-9-5-8-15(12-16)21-19-18(14-6-3-2-4-7-14)22-17-13-20-10-11-23(17)19/h2-13,21H,1H3. The molecule has 0 aliphatic carbocycles. The number of hydrogen-bond acceptors (Lipinski definition) is 4. The molecule has 2 heterocycles. The molecule has 0 saturated carbocycles. The van der Waals surface area contributed by atoms with Crippen molar-refractivity contribution in [1.29, 1.82) is 0 Å². The van der Waals surface area contributed by atoms with Crippen LogP contribution in [-0.2, 0) is 0 Å². The third-order valence-corrected chi connectivity index (χ3v) is 3.81. The van der Waals surface area contributed by atoms with Crippen molar-refractivity contribution in [3.63, 3.8) is 0 Å². The lowest BCUT2D eigenvalue weighted by Gasteiger charge is -2.10. The molecule has 2 aromatic carbocycles. The summed E-state index contributed by atoms with van der Waals surface area (Å²) >= 11 is 0. The molecule has 2 aromatic heterocycles. The van der Waals surface area contributed by atoms with Gasteiger partial charge in [0, 0.05) is 29.7 Å². The topological polar surface area (TPSA) is 51.5 Å². The van der Waals surface area contributed by atoms with Gasteiger partial charge in [-0.25, -0.2) is 4.98 Å². The van der Waals surface area contributed by atoms with E-state index in [0.29, 0.717) is 0 Å². The Bertz CT molecular complexity index is 979. The second-order valence-corrected chi connectivity index (χ2v) is 5.34. The zero-order valence-electron chi connectivity index (χ0n) is 13.2. The van der Waals surface area contributed by atoms with Gasteiger partial charge in [-0.2, -0.15) is 0 Å². The molecule has 0 fully saturated rings. The number of hydrogen-bond donors (Lipinski definition) is 1. The number of ether oxygens (including phenoxy) is 1. The number of nitrogens with zero attached hydrogens (tertiary/aromatic N) is 3. The number of fused-ring (bicyclic) bond motifs is 1. The van der Waals surface area contributed by atoms with E-state index in [9.17, 15) is 0 Å². The maximum absolute atomic E-state index is 5.30. The molecule has 0 aliphatic heterocycles. The number of imidazole rings is 1. The highest BCUT2D eigenvalue weighted by Crippen LogP contribution is 2.31. The van der Waals surface area contributed by atoms with Crippen LogP contribution in [0.4, 0.5) is 11.5 Å². The third-order valence-electron chi connectivity index (χ3n) is 3.81. The lowest BCUT2D eigenvalue weighted by molar-refractivity contribution is 0.415. The minimum atomic E-state index is 0.793. The van der Waals surface area contributed by atoms with E-state index in [2.05, 4.69) is 10.3 Å². The summed E-state index contributed by atoms with van der Waals surface area (Å²) in [5.74, 6) is 1.70. The Morgan fingerprint density at radius 3 is 2.75 bits per heavy atom. The van der Waals surface area contributed by atoms with Crippen molar-refractivity contribution >= 4 is 17.2 Å². The summed E-state index contributed by atoms with van der Waals surface area (Å²) in [6.07, 6.45) is 5.40. The zero-order valence-corrected chi connectivity index (χ0v) is 13.2. The average Bonchev–Trinajstić information content (AvgIpc) is 3.01. The van der Waals surface area contributed by atoms with Crippen molar-refractivity contribution in [2.24, 2.45) is 0 Å². The van der Waals surface area contributed by atoms with Gasteiger partial charge in [0.2, 0.25) is 0 Å². The maximum Gasteiger partial charge on any atom is 0.157 e. The number of nitrogens with one attached hydrogen (secondary N) is 1. The fourth-order valence-corrected chi connectivity index (χ4v) is 2.66. The van der Waals surface area contributed by atoms with E-state index in [1.165, 1.54) is 0 Å². The molecule has 0 amide bonds. The van der Waals surface area contributed by atoms with Gasteiger partial charge < -0.3 is 10.1 Å².